The van der Waals surface area contributed by atoms with Crippen molar-refractivity contribution in [2.24, 2.45) is 5.73 Å². The Balaban J connectivity index is 3.38. The van der Waals surface area contributed by atoms with Gasteiger partial charge < -0.3 is 15.2 Å². The number of carbonyl (C=O) groups excluding carboxylic acids is 1. The molecule has 0 bridgehead atoms. The summed E-state index contributed by atoms with van der Waals surface area (Å²) in [6.45, 7) is -1.48. The fourth-order valence-corrected chi connectivity index (χ4v) is 1.48. The smallest absolute Gasteiger partial charge is 0.387 e. The molecule has 0 aromatic heterocycles. The highest BCUT2D eigenvalue weighted by Gasteiger charge is 2.22. The van der Waals surface area contributed by atoms with Gasteiger partial charge in [0.05, 0.1) is 12.2 Å². The number of hydrogen-bond donors (Lipinski definition) is 1. The summed E-state index contributed by atoms with van der Waals surface area (Å²) >= 11 is 0. The fraction of sp³-hybridized carbons (Fsp3) is 0.333. The first-order valence-corrected chi connectivity index (χ1v) is 5.42. The van der Waals surface area contributed by atoms with Gasteiger partial charge in [-0.1, -0.05) is 0 Å². The van der Waals surface area contributed by atoms with Gasteiger partial charge in [-0.05, 0) is 24.6 Å². The van der Waals surface area contributed by atoms with Gasteiger partial charge in [0.25, 0.3) is 0 Å². The first kappa shape index (κ1) is 14.9. The number of ether oxygens (including phenoxy) is 2. The van der Waals surface area contributed by atoms with Gasteiger partial charge in [0.15, 0.2) is 0 Å². The lowest BCUT2D eigenvalue weighted by molar-refractivity contribution is -0.0505. The molecule has 1 aromatic rings. The Labute approximate surface area is 108 Å². The average molecular weight is 270 g/mol. The number of nitriles is 1. The second-order valence-corrected chi connectivity index (χ2v) is 3.43. The fourth-order valence-electron chi connectivity index (χ4n) is 1.48. The molecule has 0 amide bonds. The molecule has 7 heteroatoms. The summed E-state index contributed by atoms with van der Waals surface area (Å²) in [5.41, 5.74) is 5.36. The zero-order chi connectivity index (χ0) is 14.4. The molecule has 0 aliphatic carbocycles. The van der Waals surface area contributed by atoms with Crippen LogP contribution in [0.3, 0.4) is 0 Å². The van der Waals surface area contributed by atoms with Crippen LogP contribution in [0.2, 0.25) is 0 Å². The molecule has 1 rings (SSSR count). The van der Waals surface area contributed by atoms with Crippen molar-refractivity contribution >= 4 is 5.97 Å². The maximum Gasteiger partial charge on any atom is 0.387 e. The van der Waals surface area contributed by atoms with Crippen LogP contribution < -0.4 is 10.5 Å². The van der Waals surface area contributed by atoms with Crippen LogP contribution in [0.4, 0.5) is 8.78 Å². The zero-order valence-corrected chi connectivity index (χ0v) is 10.2. The van der Waals surface area contributed by atoms with E-state index in [0.29, 0.717) is 5.56 Å². The molecular formula is C12H12F2N2O3. The SMILES string of the molecule is CCOC(=O)c1c(C#N)cc(CN)cc1OC(F)F. The molecule has 5 nitrogen and oxygen atoms in total. The largest absolute Gasteiger partial charge is 0.462 e. The number of esters is 1. The minimum Gasteiger partial charge on any atom is -0.462 e. The third-order valence-electron chi connectivity index (χ3n) is 2.21. The van der Waals surface area contributed by atoms with Crippen LogP contribution >= 0.6 is 0 Å². The average Bonchev–Trinajstić information content (AvgIpc) is 2.37. The topological polar surface area (TPSA) is 85.3 Å². The minimum atomic E-state index is -3.12. The van der Waals surface area contributed by atoms with Gasteiger partial charge in [0.1, 0.15) is 17.4 Å². The van der Waals surface area contributed by atoms with Crippen LogP contribution in [0.15, 0.2) is 12.1 Å². The van der Waals surface area contributed by atoms with Crippen LogP contribution in [-0.4, -0.2) is 19.2 Å². The summed E-state index contributed by atoms with van der Waals surface area (Å²) in [7, 11) is 0. The first-order valence-electron chi connectivity index (χ1n) is 5.42. The third kappa shape index (κ3) is 3.63. The number of halogens is 2. The summed E-state index contributed by atoms with van der Waals surface area (Å²) in [5, 5.41) is 8.97. The second-order valence-electron chi connectivity index (χ2n) is 3.43. The van der Waals surface area contributed by atoms with Gasteiger partial charge in [-0.15, -0.1) is 0 Å². The van der Waals surface area contributed by atoms with Crippen LogP contribution in [0.1, 0.15) is 28.4 Å². The monoisotopic (exact) mass is 270 g/mol. The highest BCUT2D eigenvalue weighted by molar-refractivity contribution is 5.95. The Kier molecular flexibility index (Phi) is 5.21. The number of benzene rings is 1. The first-order chi connectivity index (χ1) is 9.03. The Morgan fingerprint density at radius 2 is 2.21 bits per heavy atom. The molecule has 1 aromatic carbocycles. The van der Waals surface area contributed by atoms with Crippen molar-refractivity contribution in [1.82, 2.24) is 0 Å². The molecule has 0 unspecified atom stereocenters. The number of hydrogen-bond acceptors (Lipinski definition) is 5. The number of alkyl halides is 2. The van der Waals surface area contributed by atoms with E-state index in [0.717, 1.165) is 0 Å². The number of rotatable bonds is 5. The molecule has 0 heterocycles. The molecule has 2 N–H and O–H groups in total. The van der Waals surface area contributed by atoms with E-state index in [1.165, 1.54) is 12.1 Å². The number of carbonyl (C=O) groups is 1. The molecule has 0 aliphatic rings. The molecule has 19 heavy (non-hydrogen) atoms. The van der Waals surface area contributed by atoms with E-state index in [4.69, 9.17) is 15.7 Å². The van der Waals surface area contributed by atoms with Crippen molar-refractivity contribution in [3.8, 4) is 11.8 Å². The van der Waals surface area contributed by atoms with Crippen LogP contribution in [0, 0.1) is 11.3 Å². The number of nitrogens with two attached hydrogens (primary N) is 1. The lowest BCUT2D eigenvalue weighted by atomic mass is 10.0. The van der Waals surface area contributed by atoms with Crippen molar-refractivity contribution in [1.29, 1.82) is 5.26 Å². The molecule has 0 spiro atoms. The van der Waals surface area contributed by atoms with Crippen LogP contribution in [-0.2, 0) is 11.3 Å². The van der Waals surface area contributed by atoms with Crippen molar-refractivity contribution in [3.63, 3.8) is 0 Å². The maximum absolute atomic E-state index is 12.3. The van der Waals surface area contributed by atoms with Gasteiger partial charge in [-0.3, -0.25) is 0 Å². The van der Waals surface area contributed by atoms with E-state index >= 15 is 0 Å². The molecule has 0 saturated heterocycles. The summed E-state index contributed by atoms with van der Waals surface area (Å²) < 4.78 is 33.6. The van der Waals surface area contributed by atoms with Gasteiger partial charge in [-0.2, -0.15) is 14.0 Å². The normalized spacial score (nSPS) is 10.1. The third-order valence-corrected chi connectivity index (χ3v) is 2.21. The Morgan fingerprint density at radius 3 is 2.68 bits per heavy atom. The predicted molar refractivity (Wildman–Crippen MR) is 61.6 cm³/mol. The van der Waals surface area contributed by atoms with Crippen molar-refractivity contribution < 1.29 is 23.0 Å². The molecule has 0 fully saturated rings. The summed E-state index contributed by atoms with van der Waals surface area (Å²) in [5.74, 6) is -1.30. The molecule has 102 valence electrons. The van der Waals surface area contributed by atoms with Crippen molar-refractivity contribution in [3.05, 3.63) is 28.8 Å². The lowest BCUT2D eigenvalue weighted by Crippen LogP contribution is -2.13. The van der Waals surface area contributed by atoms with E-state index in [1.807, 2.05) is 0 Å². The van der Waals surface area contributed by atoms with E-state index in [1.54, 1.807) is 13.0 Å². The second kappa shape index (κ2) is 6.66. The van der Waals surface area contributed by atoms with E-state index in [9.17, 15) is 13.6 Å². The highest BCUT2D eigenvalue weighted by Crippen LogP contribution is 2.27. The van der Waals surface area contributed by atoms with E-state index < -0.39 is 18.3 Å². The van der Waals surface area contributed by atoms with Crippen LogP contribution in [0.5, 0.6) is 5.75 Å². The number of nitrogens with zero attached hydrogens (tertiary/aromatic N) is 1. The van der Waals surface area contributed by atoms with Crippen LogP contribution in [0.25, 0.3) is 0 Å². The Hall–Kier alpha value is -2.20. The van der Waals surface area contributed by atoms with E-state index in [-0.39, 0.29) is 24.3 Å². The molecule has 0 aliphatic heterocycles. The minimum absolute atomic E-state index is 0.0252. The molecule has 0 radical (unpaired) electrons. The van der Waals surface area contributed by atoms with Crippen molar-refractivity contribution in [2.75, 3.05) is 6.61 Å². The predicted octanol–water partition coefficient (Wildman–Crippen LogP) is 1.80. The quantitative estimate of drug-likeness (QED) is 0.824. The molecular weight excluding hydrogens is 258 g/mol. The summed E-state index contributed by atoms with van der Waals surface area (Å²) in [6, 6.07) is 4.27. The van der Waals surface area contributed by atoms with Gasteiger partial charge in [0.2, 0.25) is 0 Å². The Bertz CT molecular complexity index is 512. The van der Waals surface area contributed by atoms with Gasteiger partial charge in [0, 0.05) is 6.54 Å². The van der Waals surface area contributed by atoms with Gasteiger partial charge >= 0.3 is 12.6 Å². The Morgan fingerprint density at radius 1 is 1.53 bits per heavy atom. The zero-order valence-electron chi connectivity index (χ0n) is 10.2. The van der Waals surface area contributed by atoms with E-state index in [2.05, 4.69) is 4.74 Å². The molecule has 0 atom stereocenters. The maximum atomic E-state index is 12.3. The summed E-state index contributed by atoms with van der Waals surface area (Å²) in [4.78, 5) is 11.7. The standard InChI is InChI=1S/C12H12F2N2O3/c1-2-18-11(17)10-8(6-16)3-7(5-15)4-9(10)19-12(13)14/h3-4,12H,2,5,15H2,1H3. The highest BCUT2D eigenvalue weighted by atomic mass is 19.3. The summed E-state index contributed by atoms with van der Waals surface area (Å²) in [6.07, 6.45) is 0. The lowest BCUT2D eigenvalue weighted by Gasteiger charge is -2.13. The molecule has 0 saturated carbocycles. The van der Waals surface area contributed by atoms with Crippen molar-refractivity contribution in [2.45, 2.75) is 20.1 Å². The van der Waals surface area contributed by atoms with Gasteiger partial charge in [-0.25, -0.2) is 4.79 Å².